The van der Waals surface area contributed by atoms with Gasteiger partial charge >= 0.3 is 0 Å². The van der Waals surface area contributed by atoms with E-state index in [1.54, 1.807) is 6.20 Å². The van der Waals surface area contributed by atoms with Crippen LogP contribution in [0.15, 0.2) is 10.7 Å². The van der Waals surface area contributed by atoms with Gasteiger partial charge in [-0.05, 0) is 40.4 Å². The Morgan fingerprint density at radius 1 is 1.44 bits per heavy atom. The van der Waals surface area contributed by atoms with Crippen molar-refractivity contribution in [3.05, 3.63) is 21.6 Å². The summed E-state index contributed by atoms with van der Waals surface area (Å²) >= 11 is 9.39. The molecule has 4 heteroatoms. The van der Waals surface area contributed by atoms with Gasteiger partial charge in [0.05, 0.1) is 10.2 Å². The summed E-state index contributed by atoms with van der Waals surface area (Å²) in [5.74, 6) is 0. The lowest BCUT2D eigenvalue weighted by Crippen LogP contribution is -2.23. The van der Waals surface area contributed by atoms with Gasteiger partial charge in [-0.3, -0.25) is 0 Å². The van der Waals surface area contributed by atoms with E-state index in [0.717, 1.165) is 23.0 Å². The number of hydrogen-bond donors (Lipinski definition) is 0. The highest BCUT2D eigenvalue weighted by atomic mass is 79.9. The molecule has 1 atom stereocenters. The van der Waals surface area contributed by atoms with E-state index in [0.29, 0.717) is 5.28 Å². The van der Waals surface area contributed by atoms with Crippen LogP contribution in [0.1, 0.15) is 52.1 Å². The van der Waals surface area contributed by atoms with E-state index in [1.165, 1.54) is 12.8 Å². The Hall–Kier alpha value is -0.150. The normalized spacial score (nSPS) is 14.8. The monoisotopic (exact) mass is 304 g/mol. The van der Waals surface area contributed by atoms with Crippen molar-refractivity contribution in [1.82, 2.24) is 9.97 Å². The van der Waals surface area contributed by atoms with Crippen LogP contribution in [0.4, 0.5) is 0 Å². The predicted octanol–water partition coefficient (Wildman–Crippen LogP) is 4.75. The molecule has 0 fully saturated rings. The Bertz CT molecular complexity index is 357. The Morgan fingerprint density at radius 3 is 2.69 bits per heavy atom. The second-order valence-electron chi connectivity index (χ2n) is 4.35. The zero-order valence-electron chi connectivity index (χ0n) is 10.1. The Morgan fingerprint density at radius 2 is 2.12 bits per heavy atom. The third-order valence-electron chi connectivity index (χ3n) is 3.15. The van der Waals surface area contributed by atoms with Gasteiger partial charge < -0.3 is 0 Å². The summed E-state index contributed by atoms with van der Waals surface area (Å²) in [6.45, 7) is 6.64. The highest BCUT2D eigenvalue weighted by Crippen LogP contribution is 2.36. The van der Waals surface area contributed by atoms with Gasteiger partial charge in [0.25, 0.3) is 0 Å². The van der Waals surface area contributed by atoms with E-state index in [1.807, 2.05) is 0 Å². The molecule has 0 aliphatic heterocycles. The van der Waals surface area contributed by atoms with E-state index < -0.39 is 0 Å². The standard InChI is InChI=1S/C12H18BrClN2/c1-4-6-7-12(3,5-2)10-9(13)8-15-11(14)16-10/h8H,4-7H2,1-3H3. The molecular weight excluding hydrogens is 288 g/mol. The quantitative estimate of drug-likeness (QED) is 0.734. The molecule has 0 saturated heterocycles. The van der Waals surface area contributed by atoms with Crippen LogP contribution in [0.3, 0.4) is 0 Å². The second kappa shape index (κ2) is 5.97. The van der Waals surface area contributed by atoms with E-state index in [4.69, 9.17) is 11.6 Å². The highest BCUT2D eigenvalue weighted by molar-refractivity contribution is 9.10. The van der Waals surface area contributed by atoms with Crippen molar-refractivity contribution >= 4 is 27.5 Å². The number of hydrogen-bond acceptors (Lipinski definition) is 2. The van der Waals surface area contributed by atoms with E-state index >= 15 is 0 Å². The summed E-state index contributed by atoms with van der Waals surface area (Å²) in [4.78, 5) is 8.35. The smallest absolute Gasteiger partial charge is 0.222 e. The van der Waals surface area contributed by atoms with Gasteiger partial charge in [0.15, 0.2) is 0 Å². The van der Waals surface area contributed by atoms with Crippen molar-refractivity contribution in [2.75, 3.05) is 0 Å². The minimum absolute atomic E-state index is 0.0847. The molecule has 0 aliphatic carbocycles. The lowest BCUT2D eigenvalue weighted by Gasteiger charge is -2.28. The van der Waals surface area contributed by atoms with Crippen LogP contribution in [0.5, 0.6) is 0 Å². The Kier molecular flexibility index (Phi) is 5.19. The first-order valence-electron chi connectivity index (χ1n) is 5.72. The molecule has 1 aromatic heterocycles. The largest absolute Gasteiger partial charge is 0.225 e. The molecule has 1 aromatic rings. The molecule has 0 N–H and O–H groups in total. The lowest BCUT2D eigenvalue weighted by molar-refractivity contribution is 0.390. The van der Waals surface area contributed by atoms with Crippen molar-refractivity contribution < 1.29 is 0 Å². The maximum atomic E-state index is 5.87. The first-order valence-corrected chi connectivity index (χ1v) is 6.89. The molecule has 0 aromatic carbocycles. The van der Waals surface area contributed by atoms with E-state index in [-0.39, 0.29) is 5.41 Å². The number of rotatable bonds is 5. The van der Waals surface area contributed by atoms with Crippen LogP contribution in [-0.2, 0) is 5.41 Å². The van der Waals surface area contributed by atoms with Crippen molar-refractivity contribution in [3.63, 3.8) is 0 Å². The fourth-order valence-electron chi connectivity index (χ4n) is 1.80. The summed E-state index contributed by atoms with van der Waals surface area (Å²) in [5, 5.41) is 0.328. The number of nitrogens with zero attached hydrogens (tertiary/aromatic N) is 2. The number of unbranched alkanes of at least 4 members (excludes halogenated alkanes) is 1. The molecule has 0 aliphatic rings. The Labute approximate surface area is 111 Å². The first-order chi connectivity index (χ1) is 7.53. The summed E-state index contributed by atoms with van der Waals surface area (Å²) in [7, 11) is 0. The fraction of sp³-hybridized carbons (Fsp3) is 0.667. The van der Waals surface area contributed by atoms with Crippen LogP contribution >= 0.6 is 27.5 Å². The van der Waals surface area contributed by atoms with Crippen molar-refractivity contribution in [3.8, 4) is 0 Å². The van der Waals surface area contributed by atoms with E-state index in [9.17, 15) is 0 Å². The van der Waals surface area contributed by atoms with Crippen molar-refractivity contribution in [2.24, 2.45) is 0 Å². The third kappa shape index (κ3) is 3.17. The molecule has 2 nitrogen and oxygen atoms in total. The van der Waals surface area contributed by atoms with Crippen LogP contribution < -0.4 is 0 Å². The zero-order chi connectivity index (χ0) is 12.2. The predicted molar refractivity (Wildman–Crippen MR) is 71.9 cm³/mol. The Balaban J connectivity index is 3.06. The summed E-state index contributed by atoms with van der Waals surface area (Å²) in [6, 6.07) is 0. The summed E-state index contributed by atoms with van der Waals surface area (Å²) in [5.41, 5.74) is 1.12. The van der Waals surface area contributed by atoms with Gasteiger partial charge in [0.2, 0.25) is 5.28 Å². The fourth-order valence-corrected chi connectivity index (χ4v) is 2.60. The molecule has 1 unspecified atom stereocenters. The molecule has 90 valence electrons. The average Bonchev–Trinajstić information content (AvgIpc) is 2.29. The molecule has 1 rings (SSSR count). The first kappa shape index (κ1) is 13.9. The lowest BCUT2D eigenvalue weighted by atomic mass is 9.79. The number of halogens is 2. The maximum Gasteiger partial charge on any atom is 0.222 e. The van der Waals surface area contributed by atoms with Crippen molar-refractivity contribution in [1.29, 1.82) is 0 Å². The average molecular weight is 306 g/mol. The number of aromatic nitrogens is 2. The molecule has 0 bridgehead atoms. The van der Waals surface area contributed by atoms with Gasteiger partial charge in [-0.2, -0.15) is 0 Å². The second-order valence-corrected chi connectivity index (χ2v) is 5.55. The molecule has 0 amide bonds. The molecule has 0 saturated carbocycles. The third-order valence-corrected chi connectivity index (χ3v) is 3.91. The molecular formula is C12H18BrClN2. The topological polar surface area (TPSA) is 25.8 Å². The minimum atomic E-state index is 0.0847. The van der Waals surface area contributed by atoms with Gasteiger partial charge in [0, 0.05) is 11.6 Å². The van der Waals surface area contributed by atoms with E-state index in [2.05, 4.69) is 46.7 Å². The van der Waals surface area contributed by atoms with Gasteiger partial charge in [-0.25, -0.2) is 9.97 Å². The SMILES string of the molecule is CCCCC(C)(CC)c1nc(Cl)ncc1Br. The molecule has 16 heavy (non-hydrogen) atoms. The molecule has 1 heterocycles. The van der Waals surface area contributed by atoms with Gasteiger partial charge in [-0.1, -0.05) is 33.6 Å². The van der Waals surface area contributed by atoms with Crippen LogP contribution in [-0.4, -0.2) is 9.97 Å². The minimum Gasteiger partial charge on any atom is -0.225 e. The zero-order valence-corrected chi connectivity index (χ0v) is 12.4. The van der Waals surface area contributed by atoms with Crippen LogP contribution in [0.25, 0.3) is 0 Å². The highest BCUT2D eigenvalue weighted by Gasteiger charge is 2.28. The molecule has 0 radical (unpaired) electrons. The summed E-state index contributed by atoms with van der Waals surface area (Å²) in [6.07, 6.45) is 6.33. The molecule has 0 spiro atoms. The van der Waals surface area contributed by atoms with Crippen LogP contribution in [0, 0.1) is 0 Å². The maximum absolute atomic E-state index is 5.87. The summed E-state index contributed by atoms with van der Waals surface area (Å²) < 4.78 is 0.956. The van der Waals surface area contributed by atoms with Gasteiger partial charge in [-0.15, -0.1) is 0 Å². The van der Waals surface area contributed by atoms with Gasteiger partial charge in [0.1, 0.15) is 0 Å². The van der Waals surface area contributed by atoms with Crippen molar-refractivity contribution in [2.45, 2.75) is 51.9 Å². The van der Waals surface area contributed by atoms with Crippen LogP contribution in [0.2, 0.25) is 5.28 Å².